The van der Waals surface area contributed by atoms with Gasteiger partial charge in [-0.2, -0.15) is 0 Å². The summed E-state index contributed by atoms with van der Waals surface area (Å²) in [5.41, 5.74) is 2.09. The fraction of sp³-hybridized carbons (Fsp3) is 0.320. The van der Waals surface area contributed by atoms with Crippen LogP contribution < -0.4 is 4.74 Å². The highest BCUT2D eigenvalue weighted by atomic mass is 79.9. The van der Waals surface area contributed by atoms with Crippen molar-refractivity contribution >= 4 is 39.7 Å². The van der Waals surface area contributed by atoms with E-state index in [0.29, 0.717) is 40.8 Å². The van der Waals surface area contributed by atoms with E-state index in [4.69, 9.17) is 4.74 Å². The molecule has 1 fully saturated rings. The van der Waals surface area contributed by atoms with Crippen LogP contribution in [0.2, 0.25) is 0 Å². The predicted octanol–water partition coefficient (Wildman–Crippen LogP) is 4.55. The van der Waals surface area contributed by atoms with Gasteiger partial charge < -0.3 is 25.0 Å². The maximum Gasteiger partial charge on any atom is 0.408 e. The number of piperazine rings is 1. The van der Waals surface area contributed by atoms with Crippen molar-refractivity contribution in [2.75, 3.05) is 19.7 Å². The number of aliphatic carboxylic acids is 1. The first-order valence-electron chi connectivity index (χ1n) is 11.3. The lowest BCUT2D eigenvalue weighted by Gasteiger charge is -2.48. The summed E-state index contributed by atoms with van der Waals surface area (Å²) >= 11 is 3.32. The van der Waals surface area contributed by atoms with Crippen LogP contribution in [0, 0.1) is 5.82 Å². The van der Waals surface area contributed by atoms with Crippen molar-refractivity contribution in [2.24, 2.45) is 0 Å². The smallest absolute Gasteiger partial charge is 0.408 e. The highest BCUT2D eigenvalue weighted by Gasteiger charge is 2.47. The summed E-state index contributed by atoms with van der Waals surface area (Å²) in [6, 6.07) is 9.84. The van der Waals surface area contributed by atoms with Crippen molar-refractivity contribution in [1.29, 1.82) is 0 Å². The second-order valence-electron chi connectivity index (χ2n) is 8.67. The van der Waals surface area contributed by atoms with Crippen molar-refractivity contribution in [3.8, 4) is 5.75 Å². The predicted molar refractivity (Wildman–Crippen MR) is 131 cm³/mol. The molecule has 190 valence electrons. The molecule has 0 saturated carbocycles. The van der Waals surface area contributed by atoms with Crippen LogP contribution in [0.15, 0.2) is 52.5 Å². The molecule has 0 aromatic heterocycles. The Kier molecular flexibility index (Phi) is 7.48. The van der Waals surface area contributed by atoms with E-state index >= 15 is 0 Å². The fourth-order valence-electron chi connectivity index (χ4n) is 4.82. The number of hydrogen-bond acceptors (Lipinski definition) is 4. The number of nitrogens with zero attached hydrogens (tertiary/aromatic N) is 2. The Morgan fingerprint density at radius 2 is 1.75 bits per heavy atom. The van der Waals surface area contributed by atoms with Gasteiger partial charge in [-0.15, -0.1) is 0 Å². The first-order chi connectivity index (χ1) is 17.2. The van der Waals surface area contributed by atoms with Crippen molar-refractivity contribution in [3.63, 3.8) is 0 Å². The van der Waals surface area contributed by atoms with Crippen LogP contribution in [0.3, 0.4) is 0 Å². The van der Waals surface area contributed by atoms with Crippen molar-refractivity contribution in [1.82, 2.24) is 9.80 Å². The topological polar surface area (TPSA) is 128 Å². The van der Waals surface area contributed by atoms with Crippen molar-refractivity contribution in [2.45, 2.75) is 31.3 Å². The van der Waals surface area contributed by atoms with Crippen LogP contribution in [-0.2, 0) is 11.2 Å². The Morgan fingerprint density at radius 1 is 1.03 bits per heavy atom. The third-order valence-electron chi connectivity index (χ3n) is 6.44. The zero-order valence-corrected chi connectivity index (χ0v) is 20.6. The maximum atomic E-state index is 13.4. The molecule has 2 aliphatic heterocycles. The Morgan fingerprint density at radius 3 is 2.39 bits per heavy atom. The van der Waals surface area contributed by atoms with Gasteiger partial charge in [-0.05, 0) is 64.0 Å². The van der Waals surface area contributed by atoms with E-state index in [-0.39, 0.29) is 30.9 Å². The third-order valence-corrected chi connectivity index (χ3v) is 7.09. The quantitative estimate of drug-likeness (QED) is 0.422. The highest BCUT2D eigenvalue weighted by molar-refractivity contribution is 9.10. The molecule has 11 heteroatoms. The van der Waals surface area contributed by atoms with Crippen LogP contribution >= 0.6 is 15.9 Å². The molecule has 2 bridgehead atoms. The van der Waals surface area contributed by atoms with E-state index in [1.807, 2.05) is 12.1 Å². The summed E-state index contributed by atoms with van der Waals surface area (Å²) in [5, 5.41) is 29.0. The Labute approximate surface area is 214 Å². The van der Waals surface area contributed by atoms with E-state index in [1.54, 1.807) is 18.2 Å². The molecule has 2 aromatic rings. The molecule has 0 aliphatic carbocycles. The van der Waals surface area contributed by atoms with E-state index in [1.165, 1.54) is 12.1 Å². The van der Waals surface area contributed by atoms with Gasteiger partial charge in [0.1, 0.15) is 11.6 Å². The van der Waals surface area contributed by atoms with Crippen molar-refractivity contribution < 1.29 is 38.8 Å². The van der Waals surface area contributed by atoms with E-state index < -0.39 is 30.2 Å². The van der Waals surface area contributed by atoms with Gasteiger partial charge in [0.05, 0.1) is 28.7 Å². The molecular weight excluding hydrogens is 539 g/mol. The normalized spacial score (nSPS) is 19.3. The second kappa shape index (κ2) is 10.6. The molecule has 2 unspecified atom stereocenters. The molecule has 0 radical (unpaired) electrons. The minimum atomic E-state index is -1.27. The number of aryl methyl sites for hydroxylation is 1. The number of ether oxygens (including phenoxy) is 1. The average Bonchev–Trinajstić information content (AvgIpc) is 2.82. The number of carboxylic acid groups (broad SMARTS) is 3. The molecule has 0 spiro atoms. The van der Waals surface area contributed by atoms with Crippen LogP contribution in [0.5, 0.6) is 5.75 Å². The second-order valence-corrected chi connectivity index (χ2v) is 9.53. The lowest BCUT2D eigenvalue weighted by atomic mass is 9.82. The van der Waals surface area contributed by atoms with Crippen LogP contribution in [0.25, 0.3) is 5.57 Å². The summed E-state index contributed by atoms with van der Waals surface area (Å²) in [4.78, 5) is 37.7. The minimum Gasteiger partial charge on any atom is -0.492 e. The number of halogens is 2. The SMILES string of the molecule is O=C(O)C1=C(c2ccc(CCCOc3cc(F)ccc3Br)cc2)CC2CN(C(=O)O)CC1N2C(=O)O. The number of hydrogen-bond donors (Lipinski definition) is 3. The molecule has 2 aliphatic rings. The van der Waals surface area contributed by atoms with Crippen LogP contribution in [0.4, 0.5) is 14.0 Å². The standard InChI is InChI=1S/C25H24BrFN2O7/c26-19-8-7-16(27)10-21(19)36-9-1-2-14-3-5-15(6-4-14)18-11-17-12-28(24(32)33)13-20(22(18)23(30)31)29(17)25(34)35/h3-8,10,17,20H,1-2,9,11-13H2,(H,30,31)(H,32,33)(H,34,35). The number of amides is 2. The molecular formula is C25H24BrFN2O7. The van der Waals surface area contributed by atoms with Gasteiger partial charge >= 0.3 is 18.2 Å². The number of carboxylic acids is 1. The number of carbonyl (C=O) groups is 3. The highest BCUT2D eigenvalue weighted by Crippen LogP contribution is 2.38. The largest absolute Gasteiger partial charge is 0.492 e. The fourth-order valence-corrected chi connectivity index (χ4v) is 5.18. The first kappa shape index (κ1) is 25.5. The molecule has 2 heterocycles. The molecule has 2 aromatic carbocycles. The van der Waals surface area contributed by atoms with Gasteiger partial charge in [0.25, 0.3) is 0 Å². The molecule has 2 atom stereocenters. The maximum absolute atomic E-state index is 13.4. The number of fused-ring (bicyclic) bond motifs is 2. The lowest BCUT2D eigenvalue weighted by Crippen LogP contribution is -2.64. The number of benzene rings is 2. The summed E-state index contributed by atoms with van der Waals surface area (Å²) in [5.74, 6) is -1.22. The minimum absolute atomic E-state index is 0.0198. The van der Waals surface area contributed by atoms with E-state index in [9.17, 15) is 34.1 Å². The van der Waals surface area contributed by atoms with Crippen LogP contribution in [0.1, 0.15) is 24.0 Å². The summed E-state index contributed by atoms with van der Waals surface area (Å²) in [7, 11) is 0. The Balaban J connectivity index is 1.49. The van der Waals surface area contributed by atoms with Gasteiger partial charge in [0.15, 0.2) is 0 Å². The zero-order chi connectivity index (χ0) is 26.0. The van der Waals surface area contributed by atoms with Crippen molar-refractivity contribution in [3.05, 3.63) is 69.5 Å². The molecule has 36 heavy (non-hydrogen) atoms. The summed E-state index contributed by atoms with van der Waals surface area (Å²) < 4.78 is 19.7. The summed E-state index contributed by atoms with van der Waals surface area (Å²) in [6.45, 7) is 0.128. The number of rotatable bonds is 7. The monoisotopic (exact) mass is 562 g/mol. The zero-order valence-electron chi connectivity index (χ0n) is 19.1. The van der Waals surface area contributed by atoms with Gasteiger partial charge in [0, 0.05) is 19.2 Å². The van der Waals surface area contributed by atoms with E-state index in [2.05, 4.69) is 15.9 Å². The van der Waals surface area contributed by atoms with Crippen LogP contribution in [-0.4, -0.2) is 75.1 Å². The molecule has 2 amide bonds. The summed E-state index contributed by atoms with van der Waals surface area (Å²) in [6.07, 6.45) is -1.01. The Bertz CT molecular complexity index is 1220. The molecule has 1 saturated heterocycles. The van der Waals surface area contributed by atoms with Gasteiger partial charge in [-0.3, -0.25) is 4.90 Å². The Hall–Kier alpha value is -3.60. The molecule has 9 nitrogen and oxygen atoms in total. The molecule has 4 rings (SSSR count). The lowest BCUT2D eigenvalue weighted by molar-refractivity contribution is -0.133. The van der Waals surface area contributed by atoms with Gasteiger partial charge in [-0.25, -0.2) is 18.8 Å². The average molecular weight is 563 g/mol. The van der Waals surface area contributed by atoms with Gasteiger partial charge in [0.2, 0.25) is 0 Å². The third kappa shape index (κ3) is 5.30. The first-order valence-corrected chi connectivity index (χ1v) is 12.1. The van der Waals surface area contributed by atoms with E-state index in [0.717, 1.165) is 15.4 Å². The molecule has 3 N–H and O–H groups in total. The van der Waals surface area contributed by atoms with Gasteiger partial charge in [-0.1, -0.05) is 24.3 Å².